The van der Waals surface area contributed by atoms with Crippen molar-refractivity contribution < 1.29 is 23.2 Å². The number of aromatic nitrogens is 1. The summed E-state index contributed by atoms with van der Waals surface area (Å²) in [6.07, 6.45) is 1.07. The fraction of sp³-hybridized carbons (Fsp3) is 0.286. The van der Waals surface area contributed by atoms with Crippen molar-refractivity contribution in [3.8, 4) is 0 Å². The molecule has 0 aliphatic heterocycles. The molecule has 8 heteroatoms. The summed E-state index contributed by atoms with van der Waals surface area (Å²) in [5, 5.41) is 8.56. The zero-order chi connectivity index (χ0) is 11.5. The number of sulfonamides is 1. The number of nitrogens with one attached hydrogen (secondary N) is 2. The van der Waals surface area contributed by atoms with Gasteiger partial charge in [-0.25, -0.2) is 13.2 Å². The third kappa shape index (κ3) is 2.78. The summed E-state index contributed by atoms with van der Waals surface area (Å²) < 4.78 is 22.8. The van der Waals surface area contributed by atoms with Crippen molar-refractivity contribution in [3.63, 3.8) is 0 Å². The van der Waals surface area contributed by atoms with Gasteiger partial charge in [-0.3, -0.25) is 4.84 Å². The Balaban J connectivity index is 2.91. The largest absolute Gasteiger partial charge is 0.477 e. The predicted molar refractivity (Wildman–Crippen MR) is 49.7 cm³/mol. The minimum Gasteiger partial charge on any atom is -0.477 e. The highest BCUT2D eigenvalue weighted by molar-refractivity contribution is 7.89. The van der Waals surface area contributed by atoms with Crippen LogP contribution in [0.25, 0.3) is 0 Å². The lowest BCUT2D eigenvalue weighted by molar-refractivity contribution is 0.0691. The maximum Gasteiger partial charge on any atom is 0.352 e. The van der Waals surface area contributed by atoms with E-state index >= 15 is 0 Å². The van der Waals surface area contributed by atoms with E-state index in [1.807, 2.05) is 4.89 Å². The molecule has 0 radical (unpaired) electrons. The van der Waals surface area contributed by atoms with Crippen LogP contribution in [0, 0.1) is 0 Å². The van der Waals surface area contributed by atoms with E-state index in [4.69, 9.17) is 5.11 Å². The van der Waals surface area contributed by atoms with Crippen molar-refractivity contribution in [2.45, 2.75) is 11.8 Å². The van der Waals surface area contributed by atoms with Crippen LogP contribution in [0.15, 0.2) is 17.2 Å². The molecule has 0 unspecified atom stereocenters. The van der Waals surface area contributed by atoms with Gasteiger partial charge in [-0.2, -0.15) is 0 Å². The second-order valence-electron chi connectivity index (χ2n) is 2.57. The second kappa shape index (κ2) is 4.43. The van der Waals surface area contributed by atoms with Crippen molar-refractivity contribution in [1.29, 1.82) is 0 Å². The van der Waals surface area contributed by atoms with Crippen LogP contribution >= 0.6 is 0 Å². The Labute approximate surface area is 86.1 Å². The zero-order valence-electron chi connectivity index (χ0n) is 7.85. The average molecular weight is 234 g/mol. The topological polar surface area (TPSA) is 108 Å². The minimum atomic E-state index is -3.80. The summed E-state index contributed by atoms with van der Waals surface area (Å²) in [7, 11) is -3.80. The number of aromatic amines is 1. The molecule has 0 spiro atoms. The third-order valence-corrected chi connectivity index (χ3v) is 2.70. The number of hydrogen-bond donors (Lipinski definition) is 3. The molecule has 84 valence electrons. The molecule has 1 aromatic heterocycles. The Morgan fingerprint density at radius 1 is 1.67 bits per heavy atom. The molecule has 0 aromatic carbocycles. The summed E-state index contributed by atoms with van der Waals surface area (Å²) in [5.74, 6) is -1.23. The van der Waals surface area contributed by atoms with Gasteiger partial charge in [0.2, 0.25) is 0 Å². The molecule has 0 aliphatic rings. The summed E-state index contributed by atoms with van der Waals surface area (Å²) in [4.78, 5) is 19.0. The third-order valence-electron chi connectivity index (χ3n) is 1.51. The quantitative estimate of drug-likeness (QED) is 0.618. The van der Waals surface area contributed by atoms with E-state index in [-0.39, 0.29) is 17.2 Å². The van der Waals surface area contributed by atoms with Crippen molar-refractivity contribution in [2.24, 2.45) is 0 Å². The van der Waals surface area contributed by atoms with Gasteiger partial charge < -0.3 is 10.1 Å². The van der Waals surface area contributed by atoms with Gasteiger partial charge in [0.25, 0.3) is 10.0 Å². The molecule has 1 aromatic rings. The van der Waals surface area contributed by atoms with E-state index in [2.05, 4.69) is 9.82 Å². The van der Waals surface area contributed by atoms with E-state index in [0.29, 0.717) is 0 Å². The molecule has 1 rings (SSSR count). The Bertz CT molecular complexity index is 450. The molecule has 15 heavy (non-hydrogen) atoms. The SMILES string of the molecule is CCONS(=O)(=O)c1c[nH]c(C(=O)O)c1. The predicted octanol–water partition coefficient (Wildman–Crippen LogP) is -0.0573. The number of rotatable bonds is 5. The van der Waals surface area contributed by atoms with Gasteiger partial charge in [0.1, 0.15) is 10.6 Å². The van der Waals surface area contributed by atoms with Gasteiger partial charge >= 0.3 is 5.97 Å². The molecule has 0 atom stereocenters. The lowest BCUT2D eigenvalue weighted by atomic mass is 10.4. The molecule has 1 heterocycles. The number of aromatic carboxylic acids is 1. The Morgan fingerprint density at radius 3 is 2.80 bits per heavy atom. The first-order valence-electron chi connectivity index (χ1n) is 4.02. The van der Waals surface area contributed by atoms with E-state index in [1.165, 1.54) is 0 Å². The first-order valence-corrected chi connectivity index (χ1v) is 5.51. The van der Waals surface area contributed by atoms with E-state index < -0.39 is 16.0 Å². The zero-order valence-corrected chi connectivity index (χ0v) is 8.67. The standard InChI is InChI=1S/C7H10N2O5S/c1-2-14-9-15(12,13)5-3-6(7(10)11)8-4-5/h3-4,8-9H,2H2,1H3,(H,10,11). The number of carboxylic acids is 1. The number of hydrogen-bond acceptors (Lipinski definition) is 4. The monoisotopic (exact) mass is 234 g/mol. The highest BCUT2D eigenvalue weighted by Gasteiger charge is 2.17. The van der Waals surface area contributed by atoms with Crippen molar-refractivity contribution in [3.05, 3.63) is 18.0 Å². The highest BCUT2D eigenvalue weighted by atomic mass is 32.2. The Kier molecular flexibility index (Phi) is 3.45. The van der Waals surface area contributed by atoms with Crippen molar-refractivity contribution in [1.82, 2.24) is 9.87 Å². The van der Waals surface area contributed by atoms with Gasteiger partial charge in [0.15, 0.2) is 0 Å². The lowest BCUT2D eigenvalue weighted by Gasteiger charge is -2.02. The summed E-state index contributed by atoms with van der Waals surface area (Å²) >= 11 is 0. The lowest BCUT2D eigenvalue weighted by Crippen LogP contribution is -2.23. The van der Waals surface area contributed by atoms with Crippen LogP contribution in [0.2, 0.25) is 0 Å². The average Bonchev–Trinajstić information content (AvgIpc) is 2.64. The molecule has 0 saturated carbocycles. The molecule has 0 fully saturated rings. The summed E-state index contributed by atoms with van der Waals surface area (Å²) in [5.41, 5.74) is -0.202. The van der Waals surface area contributed by atoms with Gasteiger partial charge in [0, 0.05) is 6.20 Å². The highest BCUT2D eigenvalue weighted by Crippen LogP contribution is 2.10. The molecule has 0 amide bonds. The first kappa shape index (κ1) is 11.7. The Morgan fingerprint density at radius 2 is 2.33 bits per heavy atom. The molecule has 0 saturated heterocycles. The van der Waals surface area contributed by atoms with Crippen LogP contribution in [-0.2, 0) is 14.9 Å². The minimum absolute atomic E-state index is 0.176. The van der Waals surface area contributed by atoms with Gasteiger partial charge in [-0.1, -0.05) is 4.89 Å². The number of carbonyl (C=O) groups is 1. The van der Waals surface area contributed by atoms with Crippen LogP contribution in [0.5, 0.6) is 0 Å². The van der Waals surface area contributed by atoms with E-state index in [0.717, 1.165) is 12.3 Å². The van der Waals surface area contributed by atoms with Gasteiger partial charge in [-0.15, -0.1) is 0 Å². The van der Waals surface area contributed by atoms with Crippen LogP contribution in [0.1, 0.15) is 17.4 Å². The molecule has 0 aliphatic carbocycles. The van der Waals surface area contributed by atoms with E-state index in [9.17, 15) is 13.2 Å². The molecule has 3 N–H and O–H groups in total. The summed E-state index contributed by atoms with van der Waals surface area (Å²) in [6.45, 7) is 1.79. The first-order chi connectivity index (χ1) is 6.97. The maximum atomic E-state index is 11.4. The normalized spacial score (nSPS) is 11.5. The van der Waals surface area contributed by atoms with Gasteiger partial charge in [0.05, 0.1) is 6.61 Å². The number of H-pyrrole nitrogens is 1. The Hall–Kier alpha value is -1.38. The van der Waals surface area contributed by atoms with Crippen LogP contribution in [0.3, 0.4) is 0 Å². The smallest absolute Gasteiger partial charge is 0.352 e. The van der Waals surface area contributed by atoms with Gasteiger partial charge in [-0.05, 0) is 13.0 Å². The molecular weight excluding hydrogens is 224 g/mol. The fourth-order valence-corrected chi connectivity index (χ4v) is 1.69. The molecular formula is C7H10N2O5S. The van der Waals surface area contributed by atoms with Crippen molar-refractivity contribution in [2.75, 3.05) is 6.61 Å². The van der Waals surface area contributed by atoms with E-state index in [1.54, 1.807) is 6.92 Å². The molecule has 7 nitrogen and oxygen atoms in total. The van der Waals surface area contributed by atoms with Crippen molar-refractivity contribution >= 4 is 16.0 Å². The number of carboxylic acid groups (broad SMARTS) is 1. The van der Waals surface area contributed by atoms with Crippen LogP contribution in [0.4, 0.5) is 0 Å². The summed E-state index contributed by atoms with van der Waals surface area (Å²) in [6, 6.07) is 1.00. The molecule has 0 bridgehead atoms. The maximum absolute atomic E-state index is 11.4. The van der Waals surface area contributed by atoms with Crippen LogP contribution in [-0.4, -0.2) is 31.1 Å². The second-order valence-corrected chi connectivity index (χ2v) is 4.22. The fourth-order valence-electron chi connectivity index (χ4n) is 0.838. The van der Waals surface area contributed by atoms with Crippen LogP contribution < -0.4 is 4.89 Å².